The molecule has 0 aromatic heterocycles. The van der Waals surface area contributed by atoms with E-state index in [-0.39, 0.29) is 0 Å². The molecule has 0 saturated carbocycles. The lowest BCUT2D eigenvalue weighted by Gasteiger charge is -2.73. The van der Waals surface area contributed by atoms with Crippen LogP contribution in [-0.2, 0) is 0 Å². The quantitative estimate of drug-likeness (QED) is 0.170. The lowest BCUT2D eigenvalue weighted by Crippen LogP contribution is -3.00. The van der Waals surface area contributed by atoms with Crippen LogP contribution in [0, 0.1) is 0 Å². The minimum absolute atomic E-state index is 1.33. The fourth-order valence-corrected chi connectivity index (χ4v) is 7.81. The molecule has 352 valence electrons. The lowest BCUT2D eigenvalue weighted by molar-refractivity contribution is -0.786. The summed E-state index contributed by atoms with van der Waals surface area (Å²) >= 11 is 0. The first kappa shape index (κ1) is 50.9. The molecule has 0 radical (unpaired) electrons. The van der Waals surface area contributed by atoms with Crippen molar-refractivity contribution in [1.29, 1.82) is 0 Å². The molecule has 1 aromatic rings. The van der Waals surface area contributed by atoms with E-state index in [0.717, 1.165) is 0 Å². The van der Waals surface area contributed by atoms with Crippen LogP contribution in [0.1, 0.15) is 0 Å². The van der Waals surface area contributed by atoms with Crippen molar-refractivity contribution in [3.05, 3.63) is 78.9 Å². The molecular weight excluding hydrogens is 941 g/mol. The smallest absolute Gasteiger partial charge is 0.307 e. The number of rotatable bonds is 5. The van der Waals surface area contributed by atoms with Gasteiger partial charge in [-0.3, -0.25) is 17.6 Å². The SMILES string of the molecule is C[NH+](C)c1ccccc1.FC1(F)C=CC(F)([B-](C2(F)C=CC(F)(F)C(F)(F)C2(F)F)(C2(F)C=CC(F)(F)C(F)(F)C2(F)F)C2(F)C=CC(F)(F)C(F)(F)C2(F)F)C(F)(F)C1(F)F. The zero-order chi connectivity index (χ0) is 48.8. The molecular formula is C32H20BF28N. The second-order valence-corrected chi connectivity index (χ2v) is 14.7. The molecule has 1 aromatic carbocycles. The summed E-state index contributed by atoms with van der Waals surface area (Å²) < 4.78 is 424. The Kier molecular flexibility index (Phi) is 10.8. The van der Waals surface area contributed by atoms with Crippen LogP contribution >= 0.6 is 0 Å². The summed E-state index contributed by atoms with van der Waals surface area (Å²) in [5, 5.41) is 0. The molecule has 4 aliphatic carbocycles. The Hall–Kier alpha value is -3.76. The topological polar surface area (TPSA) is 4.44 Å². The van der Waals surface area contributed by atoms with E-state index in [9.17, 15) is 70.2 Å². The highest BCUT2D eigenvalue weighted by Gasteiger charge is 3.02. The standard InChI is InChI=1S/C24H8BF28.C8H11N/c26-9(1-5-13(30,31)21(46,47)17(9,38)39)25(10(27)2-6-14(32,33)22(48,49)18(10,40)41,11(28)3-7-15(34,35)23(50,51)19(11,42)43)12(29)4-8-16(36,37)24(52,53)20(12,44)45;1-9(2)8-6-4-3-5-7-8/h1-8H;3-7H,1-2H3/q-1;/p+1. The maximum atomic E-state index is 17.2. The van der Waals surface area contributed by atoms with E-state index in [1.807, 2.05) is 6.07 Å². The van der Waals surface area contributed by atoms with Gasteiger partial charge in [0.1, 0.15) is 5.69 Å². The van der Waals surface area contributed by atoms with Gasteiger partial charge < -0.3 is 4.90 Å². The van der Waals surface area contributed by atoms with Gasteiger partial charge in [0.25, 0.3) is 0 Å². The van der Waals surface area contributed by atoms with Gasteiger partial charge in [0.05, 0.1) is 36.4 Å². The molecule has 0 bridgehead atoms. The van der Waals surface area contributed by atoms with Crippen molar-refractivity contribution >= 4 is 11.8 Å². The summed E-state index contributed by atoms with van der Waals surface area (Å²) in [5.41, 5.74) is -33.1. The molecule has 0 aliphatic heterocycles. The number of nitrogens with one attached hydrogen (secondary N) is 1. The highest BCUT2D eigenvalue weighted by Crippen LogP contribution is 2.77. The fourth-order valence-electron chi connectivity index (χ4n) is 7.81. The number of hydrogen-bond acceptors (Lipinski definition) is 0. The highest BCUT2D eigenvalue weighted by atomic mass is 19.4. The van der Waals surface area contributed by atoms with Crippen molar-refractivity contribution in [2.24, 2.45) is 0 Å². The molecule has 0 fully saturated rings. The van der Waals surface area contributed by atoms with E-state index in [1.54, 1.807) is 0 Å². The van der Waals surface area contributed by atoms with Crippen molar-refractivity contribution in [3.8, 4) is 0 Å². The van der Waals surface area contributed by atoms with E-state index in [1.165, 1.54) is 10.6 Å². The second-order valence-electron chi connectivity index (χ2n) is 14.7. The van der Waals surface area contributed by atoms with Crippen LogP contribution < -0.4 is 4.90 Å². The zero-order valence-electron chi connectivity index (χ0n) is 29.7. The summed E-state index contributed by atoms with van der Waals surface area (Å²) in [4.78, 5) is 1.37. The van der Waals surface area contributed by atoms with Crippen molar-refractivity contribution in [3.63, 3.8) is 0 Å². The van der Waals surface area contributed by atoms with Crippen LogP contribution in [0.3, 0.4) is 0 Å². The number of quaternary nitrogens is 1. The number of benzene rings is 1. The third-order valence-electron chi connectivity index (χ3n) is 11.2. The molecule has 0 saturated heterocycles. The van der Waals surface area contributed by atoms with E-state index in [4.69, 9.17) is 0 Å². The molecule has 62 heavy (non-hydrogen) atoms. The predicted molar refractivity (Wildman–Crippen MR) is 156 cm³/mol. The summed E-state index contributed by atoms with van der Waals surface area (Å²) in [6, 6.07) is 10.4. The molecule has 4 unspecified atom stereocenters. The molecule has 0 amide bonds. The third-order valence-corrected chi connectivity index (χ3v) is 11.2. The summed E-state index contributed by atoms with van der Waals surface area (Å²) in [6.07, 6.45) is -31.7. The Balaban J connectivity index is 0.000000831. The number of para-hydroxylation sites is 1. The van der Waals surface area contributed by atoms with Gasteiger partial charge >= 0.3 is 71.1 Å². The van der Waals surface area contributed by atoms with Gasteiger partial charge in [-0.1, -0.05) is 42.5 Å². The normalized spacial score (nSPS) is 37.4. The maximum Gasteiger partial charge on any atom is 0.375 e. The van der Waals surface area contributed by atoms with Crippen molar-refractivity contribution in [2.45, 2.75) is 93.3 Å². The van der Waals surface area contributed by atoms with Crippen LogP contribution in [0.4, 0.5) is 129 Å². The number of allylic oxidation sites excluding steroid dienone is 8. The molecule has 30 heteroatoms. The largest absolute Gasteiger partial charge is 0.375 e. The van der Waals surface area contributed by atoms with Gasteiger partial charge in [0, 0.05) is 0 Å². The Labute approximate surface area is 326 Å². The minimum Gasteiger partial charge on any atom is -0.307 e. The van der Waals surface area contributed by atoms with Gasteiger partial charge in [0.15, 0.2) is 0 Å². The summed E-state index contributed by atoms with van der Waals surface area (Å²) in [6.45, 7) is 0. The molecule has 4 atom stereocenters. The van der Waals surface area contributed by atoms with E-state index >= 15 is 52.7 Å². The highest BCUT2D eigenvalue weighted by molar-refractivity contribution is 6.93. The average Bonchev–Trinajstić information content (AvgIpc) is 3.12. The molecule has 4 aliphatic rings. The van der Waals surface area contributed by atoms with Gasteiger partial charge in [-0.2, -0.15) is 105 Å². The van der Waals surface area contributed by atoms with E-state index < -0.39 is 148 Å². The average molecular weight is 961 g/mol. The monoisotopic (exact) mass is 961 g/mol. The van der Waals surface area contributed by atoms with Crippen LogP contribution in [-0.4, -0.2) is 114 Å². The Morgan fingerprint density at radius 3 is 0.645 bits per heavy atom. The molecule has 1 N–H and O–H groups in total. The van der Waals surface area contributed by atoms with Gasteiger partial charge in [0.2, 0.25) is 6.15 Å². The lowest BCUT2D eigenvalue weighted by atomic mass is 8.97. The first-order chi connectivity index (χ1) is 27.1. The molecule has 0 spiro atoms. The van der Waals surface area contributed by atoms with Crippen LogP contribution in [0.5, 0.6) is 0 Å². The fraction of sp³-hybridized carbons (Fsp3) is 0.562. The van der Waals surface area contributed by atoms with Crippen LogP contribution in [0.25, 0.3) is 0 Å². The van der Waals surface area contributed by atoms with E-state index in [2.05, 4.69) is 38.4 Å². The summed E-state index contributed by atoms with van der Waals surface area (Å²) in [7, 11) is 4.24. The van der Waals surface area contributed by atoms with Crippen LogP contribution in [0.2, 0.25) is 0 Å². The number of halogens is 28. The van der Waals surface area contributed by atoms with Gasteiger partial charge in [-0.05, 0) is 36.4 Å². The third kappa shape index (κ3) is 5.28. The van der Waals surface area contributed by atoms with E-state index in [0.29, 0.717) is 0 Å². The minimum atomic E-state index is -10.6. The second kappa shape index (κ2) is 13.2. The van der Waals surface area contributed by atoms with Crippen molar-refractivity contribution in [1.82, 2.24) is 0 Å². The Morgan fingerprint density at radius 2 is 0.484 bits per heavy atom. The van der Waals surface area contributed by atoms with Gasteiger partial charge in [-0.15, -0.1) is 0 Å². The predicted octanol–water partition coefficient (Wildman–Crippen LogP) is 10.8. The first-order valence-electron chi connectivity index (χ1n) is 16.2. The van der Waals surface area contributed by atoms with Gasteiger partial charge in [-0.25, -0.2) is 0 Å². The first-order valence-corrected chi connectivity index (χ1v) is 16.2. The molecule has 0 heterocycles. The van der Waals surface area contributed by atoms with Crippen molar-refractivity contribution < 1.29 is 128 Å². The van der Waals surface area contributed by atoms with Crippen LogP contribution in [0.15, 0.2) is 78.9 Å². The molecule has 1 nitrogen and oxygen atoms in total. The van der Waals surface area contributed by atoms with Crippen molar-refractivity contribution in [2.75, 3.05) is 14.1 Å². The number of alkyl halides is 28. The summed E-state index contributed by atoms with van der Waals surface area (Å²) in [5.74, 6) is -96.8. The Bertz CT molecular complexity index is 1790. The molecule has 5 rings (SSSR count). The number of hydrogen-bond donors (Lipinski definition) is 1. The Morgan fingerprint density at radius 1 is 0.290 bits per heavy atom. The maximum absolute atomic E-state index is 17.2. The zero-order valence-corrected chi connectivity index (χ0v) is 29.7.